The Hall–Kier alpha value is -0.570. The topological polar surface area (TPSA) is 63.3 Å². The molecule has 3 heteroatoms. The number of aliphatic carboxylic acids is 1. The Kier molecular flexibility index (Phi) is 3.72. The summed E-state index contributed by atoms with van der Waals surface area (Å²) in [5.74, 6) is -0.278. The van der Waals surface area contributed by atoms with Crippen molar-refractivity contribution in [1.29, 1.82) is 0 Å². The van der Waals surface area contributed by atoms with Crippen LogP contribution in [0.15, 0.2) is 0 Å². The van der Waals surface area contributed by atoms with Crippen molar-refractivity contribution in [3.63, 3.8) is 0 Å². The molecule has 76 valence electrons. The molecular formula is C10H19NO2. The van der Waals surface area contributed by atoms with Gasteiger partial charge in [-0.05, 0) is 38.0 Å². The van der Waals surface area contributed by atoms with Gasteiger partial charge in [-0.1, -0.05) is 6.92 Å². The fourth-order valence-electron chi connectivity index (χ4n) is 2.02. The Morgan fingerprint density at radius 2 is 2.00 bits per heavy atom. The number of carboxylic acids is 1. The molecule has 0 radical (unpaired) electrons. The molecule has 0 unspecified atom stereocenters. The molecule has 1 atom stereocenters. The van der Waals surface area contributed by atoms with E-state index >= 15 is 0 Å². The summed E-state index contributed by atoms with van der Waals surface area (Å²) in [5.41, 5.74) is 5.77. The molecule has 1 aliphatic carbocycles. The maximum Gasteiger partial charge on any atom is 0.306 e. The minimum atomic E-state index is -0.671. The summed E-state index contributed by atoms with van der Waals surface area (Å²) in [7, 11) is 0. The van der Waals surface area contributed by atoms with Gasteiger partial charge in [0.05, 0.1) is 5.92 Å². The van der Waals surface area contributed by atoms with Gasteiger partial charge < -0.3 is 10.8 Å². The van der Waals surface area contributed by atoms with Crippen LogP contribution in [0.2, 0.25) is 0 Å². The van der Waals surface area contributed by atoms with E-state index in [-0.39, 0.29) is 5.92 Å². The second kappa shape index (κ2) is 4.61. The fourth-order valence-corrected chi connectivity index (χ4v) is 2.02. The van der Waals surface area contributed by atoms with Crippen molar-refractivity contribution in [2.75, 3.05) is 0 Å². The first-order valence-electron chi connectivity index (χ1n) is 5.08. The number of hydrogen-bond donors (Lipinski definition) is 2. The SMILES string of the molecule is C[C@H](CC1CCC(N)CC1)C(=O)O. The van der Waals surface area contributed by atoms with Crippen molar-refractivity contribution >= 4 is 5.97 Å². The van der Waals surface area contributed by atoms with Crippen molar-refractivity contribution in [1.82, 2.24) is 0 Å². The van der Waals surface area contributed by atoms with Crippen LogP contribution in [-0.4, -0.2) is 17.1 Å². The minimum Gasteiger partial charge on any atom is -0.481 e. The zero-order chi connectivity index (χ0) is 9.84. The first-order chi connectivity index (χ1) is 6.09. The van der Waals surface area contributed by atoms with Crippen molar-refractivity contribution < 1.29 is 9.90 Å². The minimum absolute atomic E-state index is 0.195. The van der Waals surface area contributed by atoms with Gasteiger partial charge in [0, 0.05) is 6.04 Å². The van der Waals surface area contributed by atoms with Crippen LogP contribution in [-0.2, 0) is 4.79 Å². The Morgan fingerprint density at radius 1 is 1.46 bits per heavy atom. The molecule has 1 fully saturated rings. The van der Waals surface area contributed by atoms with Gasteiger partial charge in [0.2, 0.25) is 0 Å². The summed E-state index contributed by atoms with van der Waals surface area (Å²) in [6.07, 6.45) is 5.17. The molecule has 0 aromatic carbocycles. The van der Waals surface area contributed by atoms with Crippen molar-refractivity contribution in [3.05, 3.63) is 0 Å². The third-order valence-corrected chi connectivity index (χ3v) is 3.00. The summed E-state index contributed by atoms with van der Waals surface area (Å²) < 4.78 is 0. The first-order valence-corrected chi connectivity index (χ1v) is 5.08. The molecule has 3 N–H and O–H groups in total. The van der Waals surface area contributed by atoms with Crippen LogP contribution in [0.5, 0.6) is 0 Å². The van der Waals surface area contributed by atoms with Gasteiger partial charge in [0.1, 0.15) is 0 Å². The summed E-state index contributed by atoms with van der Waals surface area (Å²) in [5, 5.41) is 8.74. The molecule has 3 nitrogen and oxygen atoms in total. The number of rotatable bonds is 3. The van der Waals surface area contributed by atoms with E-state index in [0.29, 0.717) is 12.0 Å². The third-order valence-electron chi connectivity index (χ3n) is 3.00. The quantitative estimate of drug-likeness (QED) is 0.702. The monoisotopic (exact) mass is 185 g/mol. The molecular weight excluding hydrogens is 166 g/mol. The van der Waals surface area contributed by atoms with E-state index in [0.717, 1.165) is 32.1 Å². The zero-order valence-corrected chi connectivity index (χ0v) is 8.20. The number of carboxylic acid groups (broad SMARTS) is 1. The van der Waals surface area contributed by atoms with Crippen LogP contribution < -0.4 is 5.73 Å². The zero-order valence-electron chi connectivity index (χ0n) is 8.20. The van der Waals surface area contributed by atoms with E-state index in [1.807, 2.05) is 0 Å². The Morgan fingerprint density at radius 3 is 2.46 bits per heavy atom. The molecule has 0 saturated heterocycles. The average molecular weight is 185 g/mol. The smallest absolute Gasteiger partial charge is 0.306 e. The van der Waals surface area contributed by atoms with E-state index in [1.54, 1.807) is 6.92 Å². The number of carbonyl (C=O) groups is 1. The average Bonchev–Trinajstić information content (AvgIpc) is 2.08. The molecule has 0 aromatic heterocycles. The second-order valence-corrected chi connectivity index (χ2v) is 4.26. The molecule has 1 aliphatic rings. The molecule has 1 rings (SSSR count). The van der Waals surface area contributed by atoms with Crippen molar-refractivity contribution in [3.8, 4) is 0 Å². The second-order valence-electron chi connectivity index (χ2n) is 4.26. The third kappa shape index (κ3) is 3.35. The molecule has 1 saturated carbocycles. The van der Waals surface area contributed by atoms with Gasteiger partial charge >= 0.3 is 5.97 Å². The van der Waals surface area contributed by atoms with Crippen LogP contribution >= 0.6 is 0 Å². The number of nitrogens with two attached hydrogens (primary N) is 1. The highest BCUT2D eigenvalue weighted by Gasteiger charge is 2.22. The normalized spacial score (nSPS) is 31.2. The summed E-state index contributed by atoms with van der Waals surface area (Å²) in [4.78, 5) is 10.6. The van der Waals surface area contributed by atoms with Gasteiger partial charge in [0.25, 0.3) is 0 Å². The lowest BCUT2D eigenvalue weighted by Gasteiger charge is -2.26. The van der Waals surface area contributed by atoms with E-state index in [9.17, 15) is 4.79 Å². The standard InChI is InChI=1S/C10H19NO2/c1-7(10(12)13)6-8-2-4-9(11)5-3-8/h7-9H,2-6,11H2,1H3,(H,12,13)/t7-,8?,9?/m1/s1. The maximum atomic E-state index is 10.6. The van der Waals surface area contributed by atoms with Crippen LogP contribution in [0.3, 0.4) is 0 Å². The predicted octanol–water partition coefficient (Wildman–Crippen LogP) is 1.61. The predicted molar refractivity (Wildman–Crippen MR) is 51.4 cm³/mol. The van der Waals surface area contributed by atoms with E-state index in [2.05, 4.69) is 0 Å². The summed E-state index contributed by atoms with van der Waals surface area (Å²) in [6, 6.07) is 0.358. The summed E-state index contributed by atoms with van der Waals surface area (Å²) >= 11 is 0. The Labute approximate surface area is 79.3 Å². The number of hydrogen-bond acceptors (Lipinski definition) is 2. The van der Waals surface area contributed by atoms with Crippen LogP contribution in [0.25, 0.3) is 0 Å². The first kappa shape index (κ1) is 10.5. The van der Waals surface area contributed by atoms with Crippen molar-refractivity contribution in [2.24, 2.45) is 17.6 Å². The van der Waals surface area contributed by atoms with Gasteiger partial charge in [-0.15, -0.1) is 0 Å². The fraction of sp³-hybridized carbons (Fsp3) is 0.900. The lowest BCUT2D eigenvalue weighted by Crippen LogP contribution is -2.28. The maximum absolute atomic E-state index is 10.6. The van der Waals surface area contributed by atoms with E-state index < -0.39 is 5.97 Å². The highest BCUT2D eigenvalue weighted by atomic mass is 16.4. The molecule has 0 aliphatic heterocycles. The Balaban J connectivity index is 2.26. The highest BCUT2D eigenvalue weighted by molar-refractivity contribution is 5.69. The van der Waals surface area contributed by atoms with E-state index in [1.165, 1.54) is 0 Å². The molecule has 0 bridgehead atoms. The van der Waals surface area contributed by atoms with Gasteiger partial charge in [0.15, 0.2) is 0 Å². The lowest BCUT2D eigenvalue weighted by molar-refractivity contribution is -0.141. The Bertz CT molecular complexity index is 174. The lowest BCUT2D eigenvalue weighted by atomic mass is 9.81. The van der Waals surface area contributed by atoms with Crippen LogP contribution in [0.1, 0.15) is 39.0 Å². The van der Waals surface area contributed by atoms with Crippen LogP contribution in [0, 0.1) is 11.8 Å². The van der Waals surface area contributed by atoms with Gasteiger partial charge in [-0.2, -0.15) is 0 Å². The van der Waals surface area contributed by atoms with E-state index in [4.69, 9.17) is 10.8 Å². The molecule has 13 heavy (non-hydrogen) atoms. The largest absolute Gasteiger partial charge is 0.481 e. The van der Waals surface area contributed by atoms with Gasteiger partial charge in [-0.25, -0.2) is 0 Å². The summed E-state index contributed by atoms with van der Waals surface area (Å²) in [6.45, 7) is 1.79. The highest BCUT2D eigenvalue weighted by Crippen LogP contribution is 2.28. The van der Waals surface area contributed by atoms with Gasteiger partial charge in [-0.3, -0.25) is 4.79 Å². The van der Waals surface area contributed by atoms with Crippen LogP contribution in [0.4, 0.5) is 0 Å². The molecule has 0 amide bonds. The molecule has 0 heterocycles. The molecule has 0 aromatic rings. The molecule has 0 spiro atoms. The van der Waals surface area contributed by atoms with Crippen molar-refractivity contribution in [2.45, 2.75) is 45.1 Å².